The summed E-state index contributed by atoms with van der Waals surface area (Å²) in [7, 11) is 0. The van der Waals surface area contributed by atoms with Gasteiger partial charge in [0.2, 0.25) is 0 Å². The molecule has 7 heteroatoms. The molecular weight excluding hydrogens is 280 g/mol. The van der Waals surface area contributed by atoms with Crippen LogP contribution < -0.4 is 10.6 Å². The van der Waals surface area contributed by atoms with Crippen molar-refractivity contribution in [1.82, 2.24) is 10.6 Å². The summed E-state index contributed by atoms with van der Waals surface area (Å²) in [6.45, 7) is 0.810. The van der Waals surface area contributed by atoms with E-state index in [2.05, 4.69) is 10.6 Å². The van der Waals surface area contributed by atoms with Crippen molar-refractivity contribution in [1.29, 1.82) is 0 Å². The second-order valence-electron chi connectivity index (χ2n) is 5.15. The second kappa shape index (κ2) is 5.80. The molecule has 1 aliphatic carbocycles. The van der Waals surface area contributed by atoms with E-state index in [0.29, 0.717) is 0 Å². The Balaban J connectivity index is 1.89. The monoisotopic (exact) mass is 298 g/mol. The largest absolute Gasteiger partial charge is 0.479 e. The van der Waals surface area contributed by atoms with Crippen molar-refractivity contribution in [2.75, 3.05) is 6.54 Å². The molecule has 1 aliphatic rings. The fraction of sp³-hybridized carbons (Fsp3) is 0.538. The van der Waals surface area contributed by atoms with Gasteiger partial charge in [-0.3, -0.25) is 0 Å². The van der Waals surface area contributed by atoms with Crippen LogP contribution in [0.5, 0.6) is 0 Å². The summed E-state index contributed by atoms with van der Waals surface area (Å²) in [5.74, 6) is -1.37. The van der Waals surface area contributed by atoms with Crippen molar-refractivity contribution in [3.8, 4) is 0 Å². The Morgan fingerprint density at radius 2 is 2.30 bits per heavy atom. The van der Waals surface area contributed by atoms with Crippen molar-refractivity contribution < 1.29 is 19.8 Å². The number of urea groups is 1. The van der Waals surface area contributed by atoms with Crippen LogP contribution in [0.15, 0.2) is 11.4 Å². The first-order valence-electron chi connectivity index (χ1n) is 6.46. The number of carboxylic acids is 1. The molecule has 2 rings (SSSR count). The van der Waals surface area contributed by atoms with Gasteiger partial charge in [0.1, 0.15) is 0 Å². The summed E-state index contributed by atoms with van der Waals surface area (Å²) in [6.07, 6.45) is 2.93. The van der Waals surface area contributed by atoms with Gasteiger partial charge in [-0.1, -0.05) is 0 Å². The van der Waals surface area contributed by atoms with E-state index < -0.39 is 17.6 Å². The molecule has 1 aromatic rings. The lowest BCUT2D eigenvalue weighted by Gasteiger charge is -2.25. The first kappa shape index (κ1) is 14.8. The van der Waals surface area contributed by atoms with Gasteiger partial charge >= 0.3 is 12.0 Å². The number of carbonyl (C=O) groups is 2. The van der Waals surface area contributed by atoms with Crippen molar-refractivity contribution >= 4 is 23.3 Å². The molecule has 6 nitrogen and oxygen atoms in total. The number of aryl methyl sites for hydroxylation is 1. The number of thiophene rings is 1. The Bertz CT molecular complexity index is 512. The molecule has 20 heavy (non-hydrogen) atoms. The number of carbonyl (C=O) groups excluding carboxylic acids is 1. The number of amides is 2. The lowest BCUT2D eigenvalue weighted by molar-refractivity contribution is -0.155. The van der Waals surface area contributed by atoms with Crippen LogP contribution in [0.1, 0.15) is 36.2 Å². The van der Waals surface area contributed by atoms with Crippen molar-refractivity contribution in [2.24, 2.45) is 0 Å². The molecule has 1 heterocycles. The van der Waals surface area contributed by atoms with Gasteiger partial charge in [0.05, 0.1) is 12.6 Å². The maximum Gasteiger partial charge on any atom is 0.337 e. The number of aliphatic carboxylic acids is 1. The lowest BCUT2D eigenvalue weighted by atomic mass is 9.94. The topological polar surface area (TPSA) is 98.7 Å². The van der Waals surface area contributed by atoms with E-state index in [1.165, 1.54) is 4.88 Å². The number of carboxylic acid groups (broad SMARTS) is 1. The smallest absolute Gasteiger partial charge is 0.337 e. The number of rotatable bonds is 4. The summed E-state index contributed by atoms with van der Waals surface area (Å²) in [4.78, 5) is 23.8. The molecule has 0 bridgehead atoms. The molecule has 2 unspecified atom stereocenters. The molecule has 4 N–H and O–H groups in total. The van der Waals surface area contributed by atoms with Gasteiger partial charge in [-0.15, -0.1) is 11.3 Å². The zero-order valence-corrected chi connectivity index (χ0v) is 12.0. The molecule has 110 valence electrons. The van der Waals surface area contributed by atoms with Crippen LogP contribution in [0.4, 0.5) is 4.79 Å². The number of aliphatic hydroxyl groups is 1. The molecule has 0 radical (unpaired) electrons. The van der Waals surface area contributed by atoms with Crippen LogP contribution in [0.3, 0.4) is 0 Å². The normalized spacial score (nSPS) is 20.6. The molecule has 0 saturated heterocycles. The Kier molecular flexibility index (Phi) is 4.29. The van der Waals surface area contributed by atoms with Crippen LogP contribution in [0, 0.1) is 0 Å². The highest BCUT2D eigenvalue weighted by Gasteiger charge is 2.31. The third kappa shape index (κ3) is 3.29. The number of fused-ring (bicyclic) bond motifs is 1. The third-order valence-electron chi connectivity index (χ3n) is 3.41. The van der Waals surface area contributed by atoms with Crippen LogP contribution >= 0.6 is 11.3 Å². The number of nitrogens with one attached hydrogen (secondary N) is 2. The molecular formula is C13H18N2O4S. The van der Waals surface area contributed by atoms with E-state index in [0.717, 1.165) is 31.7 Å². The van der Waals surface area contributed by atoms with Gasteiger partial charge in [0.15, 0.2) is 5.60 Å². The fourth-order valence-electron chi connectivity index (χ4n) is 2.17. The molecule has 0 saturated carbocycles. The van der Waals surface area contributed by atoms with E-state index in [1.54, 1.807) is 11.3 Å². The molecule has 0 spiro atoms. The Morgan fingerprint density at radius 3 is 3.00 bits per heavy atom. The van der Waals surface area contributed by atoms with E-state index in [-0.39, 0.29) is 12.6 Å². The molecule has 1 aromatic heterocycles. The van der Waals surface area contributed by atoms with Gasteiger partial charge in [-0.2, -0.15) is 0 Å². The van der Waals surface area contributed by atoms with Crippen LogP contribution in [0.2, 0.25) is 0 Å². The van der Waals surface area contributed by atoms with Gasteiger partial charge in [-0.25, -0.2) is 9.59 Å². The Hall–Kier alpha value is -1.60. The Labute approximate surface area is 120 Å². The van der Waals surface area contributed by atoms with E-state index in [9.17, 15) is 14.7 Å². The van der Waals surface area contributed by atoms with Gasteiger partial charge < -0.3 is 20.8 Å². The van der Waals surface area contributed by atoms with Gasteiger partial charge in [0, 0.05) is 4.88 Å². The predicted molar refractivity (Wildman–Crippen MR) is 74.8 cm³/mol. The maximum atomic E-state index is 11.8. The minimum Gasteiger partial charge on any atom is -0.479 e. The zero-order valence-electron chi connectivity index (χ0n) is 11.2. The summed E-state index contributed by atoms with van der Waals surface area (Å²) in [6, 6.07) is 1.51. The van der Waals surface area contributed by atoms with Crippen molar-refractivity contribution in [2.45, 2.75) is 37.8 Å². The molecule has 0 aromatic carbocycles. The summed E-state index contributed by atoms with van der Waals surface area (Å²) in [5, 5.41) is 25.5. The Morgan fingerprint density at radius 1 is 1.55 bits per heavy atom. The molecule has 0 aliphatic heterocycles. The van der Waals surface area contributed by atoms with Gasteiger partial charge in [0.25, 0.3) is 0 Å². The first-order chi connectivity index (χ1) is 9.40. The van der Waals surface area contributed by atoms with E-state index >= 15 is 0 Å². The third-order valence-corrected chi connectivity index (χ3v) is 4.41. The predicted octanol–water partition coefficient (Wildman–Crippen LogP) is 1.26. The van der Waals surface area contributed by atoms with Crippen molar-refractivity contribution in [3.63, 3.8) is 0 Å². The summed E-state index contributed by atoms with van der Waals surface area (Å²) < 4.78 is 0. The average molecular weight is 298 g/mol. The fourth-order valence-corrected chi connectivity index (χ4v) is 3.16. The van der Waals surface area contributed by atoms with Crippen LogP contribution in [0.25, 0.3) is 0 Å². The SMILES string of the molecule is CC(O)(CNC(=O)NC1CCCc2sccc21)C(=O)O. The highest BCUT2D eigenvalue weighted by molar-refractivity contribution is 7.10. The van der Waals surface area contributed by atoms with Crippen LogP contribution in [-0.2, 0) is 11.2 Å². The van der Waals surface area contributed by atoms with Gasteiger partial charge in [-0.05, 0) is 43.2 Å². The quantitative estimate of drug-likeness (QED) is 0.672. The van der Waals surface area contributed by atoms with E-state index in [1.807, 2.05) is 11.4 Å². The van der Waals surface area contributed by atoms with Crippen LogP contribution in [-0.4, -0.2) is 34.4 Å². The molecule has 2 atom stereocenters. The summed E-state index contributed by atoms with van der Waals surface area (Å²) >= 11 is 1.69. The molecule has 0 fully saturated rings. The highest BCUT2D eigenvalue weighted by Crippen LogP contribution is 2.33. The maximum absolute atomic E-state index is 11.8. The summed E-state index contributed by atoms with van der Waals surface area (Å²) in [5.41, 5.74) is -0.821. The first-order valence-corrected chi connectivity index (χ1v) is 7.34. The zero-order chi connectivity index (χ0) is 14.8. The highest BCUT2D eigenvalue weighted by atomic mass is 32.1. The number of hydrogen-bond donors (Lipinski definition) is 4. The van der Waals surface area contributed by atoms with Crippen molar-refractivity contribution in [3.05, 3.63) is 21.9 Å². The average Bonchev–Trinajstić information content (AvgIpc) is 2.86. The molecule has 2 amide bonds. The minimum absolute atomic E-state index is 0.0419. The standard InChI is InChI=1S/C13H18N2O4S/c1-13(19,11(16)17)7-14-12(18)15-9-3-2-4-10-8(9)5-6-20-10/h5-6,9,19H,2-4,7H2,1H3,(H,16,17)(H2,14,15,18). The second-order valence-corrected chi connectivity index (χ2v) is 6.15. The van der Waals surface area contributed by atoms with E-state index in [4.69, 9.17) is 5.11 Å². The number of hydrogen-bond acceptors (Lipinski definition) is 4. The minimum atomic E-state index is -1.96. The lowest BCUT2D eigenvalue weighted by Crippen LogP contribution is -2.49.